The van der Waals surface area contributed by atoms with E-state index in [-0.39, 0.29) is 6.61 Å². The first-order valence-electron chi connectivity index (χ1n) is 6.44. The molecule has 4 nitrogen and oxygen atoms in total. The molecule has 0 aliphatic carbocycles. The number of aliphatic hydroxyl groups is 1. The molecule has 0 amide bonds. The largest absolute Gasteiger partial charge is 0.395 e. The molecular weight excluding hydrogens is 250 g/mol. The van der Waals surface area contributed by atoms with Gasteiger partial charge in [0.05, 0.1) is 6.61 Å². The lowest BCUT2D eigenvalue weighted by Crippen LogP contribution is -2.32. The molecule has 1 aromatic heterocycles. The number of rotatable bonds is 4. The summed E-state index contributed by atoms with van der Waals surface area (Å²) in [6, 6.07) is 3.87. The maximum atomic E-state index is 8.96. The molecule has 1 saturated heterocycles. The highest BCUT2D eigenvalue weighted by Crippen LogP contribution is 2.10. The first-order chi connectivity index (χ1) is 8.78. The lowest BCUT2D eigenvalue weighted by Gasteiger charge is -2.21. The van der Waals surface area contributed by atoms with Crippen LogP contribution in [0.25, 0.3) is 0 Å². The van der Waals surface area contributed by atoms with Crippen molar-refractivity contribution < 1.29 is 5.11 Å². The molecule has 0 aromatic carbocycles. The molecule has 0 spiro atoms. The number of pyridine rings is 1. The van der Waals surface area contributed by atoms with Crippen LogP contribution in [-0.2, 0) is 6.54 Å². The van der Waals surface area contributed by atoms with Gasteiger partial charge in [0.25, 0.3) is 0 Å². The smallest absolute Gasteiger partial charge is 0.129 e. The molecule has 1 aliphatic rings. The molecule has 5 heteroatoms. The Morgan fingerprint density at radius 3 is 2.67 bits per heavy atom. The Hall–Kier alpha value is -0.680. The standard InChI is InChI=1S/C13H20ClN3O/c14-13-3-2-12(10-15-13)11-17-5-1-4-16(6-7-17)8-9-18/h2-3,10,18H,1,4-9,11H2. The Morgan fingerprint density at radius 1 is 1.17 bits per heavy atom. The van der Waals surface area contributed by atoms with Crippen LogP contribution in [0.3, 0.4) is 0 Å². The van der Waals surface area contributed by atoms with Gasteiger partial charge in [0, 0.05) is 32.4 Å². The Labute approximate surface area is 113 Å². The fourth-order valence-electron chi connectivity index (χ4n) is 2.31. The number of halogens is 1. The molecule has 1 fully saturated rings. The summed E-state index contributed by atoms with van der Waals surface area (Å²) in [7, 11) is 0. The highest BCUT2D eigenvalue weighted by molar-refractivity contribution is 6.29. The van der Waals surface area contributed by atoms with Crippen LogP contribution in [0.4, 0.5) is 0 Å². The van der Waals surface area contributed by atoms with Gasteiger partial charge < -0.3 is 5.11 Å². The Bertz CT molecular complexity index is 358. The van der Waals surface area contributed by atoms with Crippen molar-refractivity contribution in [2.24, 2.45) is 0 Å². The van der Waals surface area contributed by atoms with Crippen molar-refractivity contribution in [2.45, 2.75) is 13.0 Å². The van der Waals surface area contributed by atoms with Gasteiger partial charge in [-0.3, -0.25) is 9.80 Å². The fraction of sp³-hybridized carbons (Fsp3) is 0.615. The minimum Gasteiger partial charge on any atom is -0.395 e. The second-order valence-electron chi connectivity index (χ2n) is 4.68. The predicted octanol–water partition coefficient (Wildman–Crippen LogP) is 1.23. The van der Waals surface area contributed by atoms with Crippen molar-refractivity contribution in [1.29, 1.82) is 0 Å². The summed E-state index contributed by atoms with van der Waals surface area (Å²) in [6.45, 7) is 6.22. The van der Waals surface area contributed by atoms with Crippen LogP contribution >= 0.6 is 11.6 Å². The summed E-state index contributed by atoms with van der Waals surface area (Å²) in [5, 5.41) is 9.51. The van der Waals surface area contributed by atoms with Crippen LogP contribution in [0.15, 0.2) is 18.3 Å². The van der Waals surface area contributed by atoms with E-state index in [0.29, 0.717) is 5.15 Å². The molecule has 0 atom stereocenters. The number of β-amino-alcohol motifs (C(OH)–C–C–N with tert-alkyl or cyclic N) is 1. The summed E-state index contributed by atoms with van der Waals surface area (Å²) >= 11 is 5.78. The number of hydrogen-bond acceptors (Lipinski definition) is 4. The number of aliphatic hydroxyl groups excluding tert-OH is 1. The Kier molecular flexibility index (Phi) is 5.38. The third-order valence-corrected chi connectivity index (χ3v) is 3.52. The minimum absolute atomic E-state index is 0.251. The normalized spacial score (nSPS) is 18.8. The van der Waals surface area contributed by atoms with Crippen molar-refractivity contribution in [3.05, 3.63) is 29.0 Å². The summed E-state index contributed by atoms with van der Waals surface area (Å²) in [6.07, 6.45) is 3.00. The highest BCUT2D eigenvalue weighted by atomic mass is 35.5. The van der Waals surface area contributed by atoms with Gasteiger partial charge in [-0.05, 0) is 31.1 Å². The van der Waals surface area contributed by atoms with Crippen molar-refractivity contribution in [2.75, 3.05) is 39.3 Å². The van der Waals surface area contributed by atoms with Crippen LogP contribution in [0.5, 0.6) is 0 Å². The van der Waals surface area contributed by atoms with Gasteiger partial charge in [-0.15, -0.1) is 0 Å². The van der Waals surface area contributed by atoms with Gasteiger partial charge >= 0.3 is 0 Å². The van der Waals surface area contributed by atoms with Crippen LogP contribution < -0.4 is 0 Å². The first kappa shape index (κ1) is 13.7. The second kappa shape index (κ2) is 7.04. The van der Waals surface area contributed by atoms with E-state index in [1.165, 1.54) is 5.56 Å². The van der Waals surface area contributed by atoms with Gasteiger partial charge in [0.15, 0.2) is 0 Å². The third kappa shape index (κ3) is 4.21. The van der Waals surface area contributed by atoms with Crippen LogP contribution in [0.1, 0.15) is 12.0 Å². The molecule has 1 aromatic rings. The van der Waals surface area contributed by atoms with Crippen LogP contribution in [-0.4, -0.2) is 59.2 Å². The molecule has 18 heavy (non-hydrogen) atoms. The third-order valence-electron chi connectivity index (χ3n) is 3.29. The van der Waals surface area contributed by atoms with E-state index in [1.54, 1.807) is 0 Å². The molecule has 2 rings (SSSR count). The SMILES string of the molecule is OCCN1CCCN(Cc2ccc(Cl)nc2)CC1. The molecule has 1 aliphatic heterocycles. The van der Waals surface area contributed by atoms with Crippen LogP contribution in [0.2, 0.25) is 5.15 Å². The summed E-state index contributed by atoms with van der Waals surface area (Å²) in [4.78, 5) is 8.86. The van der Waals surface area contributed by atoms with E-state index < -0.39 is 0 Å². The average Bonchev–Trinajstić information content (AvgIpc) is 2.59. The van der Waals surface area contributed by atoms with E-state index in [0.717, 1.165) is 45.7 Å². The lowest BCUT2D eigenvalue weighted by molar-refractivity contribution is 0.196. The maximum absolute atomic E-state index is 8.96. The predicted molar refractivity (Wildman–Crippen MR) is 72.7 cm³/mol. The molecule has 0 unspecified atom stereocenters. The van der Waals surface area contributed by atoms with Gasteiger partial charge in [-0.1, -0.05) is 17.7 Å². The monoisotopic (exact) mass is 269 g/mol. The molecule has 0 bridgehead atoms. The highest BCUT2D eigenvalue weighted by Gasteiger charge is 2.14. The quantitative estimate of drug-likeness (QED) is 0.835. The van der Waals surface area contributed by atoms with Gasteiger partial charge in [0.1, 0.15) is 5.15 Å². The number of hydrogen-bond donors (Lipinski definition) is 1. The van der Waals surface area contributed by atoms with Gasteiger partial charge in [-0.25, -0.2) is 4.98 Å². The van der Waals surface area contributed by atoms with Crippen molar-refractivity contribution in [1.82, 2.24) is 14.8 Å². The van der Waals surface area contributed by atoms with Gasteiger partial charge in [-0.2, -0.15) is 0 Å². The van der Waals surface area contributed by atoms with Crippen LogP contribution in [0, 0.1) is 0 Å². The molecule has 1 N–H and O–H groups in total. The Balaban J connectivity index is 1.84. The lowest BCUT2D eigenvalue weighted by atomic mass is 10.2. The average molecular weight is 270 g/mol. The van der Waals surface area contributed by atoms with E-state index in [4.69, 9.17) is 16.7 Å². The summed E-state index contributed by atoms with van der Waals surface area (Å²) < 4.78 is 0. The van der Waals surface area contributed by atoms with Crippen molar-refractivity contribution in [3.8, 4) is 0 Å². The van der Waals surface area contributed by atoms with Crippen molar-refractivity contribution in [3.63, 3.8) is 0 Å². The fourth-order valence-corrected chi connectivity index (χ4v) is 2.42. The topological polar surface area (TPSA) is 39.6 Å². The molecule has 2 heterocycles. The zero-order valence-electron chi connectivity index (χ0n) is 10.6. The molecule has 100 valence electrons. The Morgan fingerprint density at radius 2 is 1.94 bits per heavy atom. The zero-order chi connectivity index (χ0) is 12.8. The van der Waals surface area contributed by atoms with Gasteiger partial charge in [0.2, 0.25) is 0 Å². The summed E-state index contributed by atoms with van der Waals surface area (Å²) in [5.41, 5.74) is 1.20. The van der Waals surface area contributed by atoms with Crippen molar-refractivity contribution >= 4 is 11.6 Å². The van der Waals surface area contributed by atoms with E-state index in [2.05, 4.69) is 14.8 Å². The summed E-state index contributed by atoms with van der Waals surface area (Å²) in [5.74, 6) is 0. The molecular formula is C13H20ClN3O. The molecule has 0 saturated carbocycles. The van der Waals surface area contributed by atoms with E-state index in [1.807, 2.05) is 18.3 Å². The molecule has 0 radical (unpaired) electrons. The van der Waals surface area contributed by atoms with E-state index >= 15 is 0 Å². The number of aromatic nitrogens is 1. The number of nitrogens with zero attached hydrogens (tertiary/aromatic N) is 3. The van der Waals surface area contributed by atoms with E-state index in [9.17, 15) is 0 Å². The zero-order valence-corrected chi connectivity index (χ0v) is 11.3. The maximum Gasteiger partial charge on any atom is 0.129 e. The minimum atomic E-state index is 0.251. The second-order valence-corrected chi connectivity index (χ2v) is 5.07. The first-order valence-corrected chi connectivity index (χ1v) is 6.82.